The first-order chi connectivity index (χ1) is 5.59. The molecule has 2 aliphatic rings. The van der Waals surface area contributed by atoms with Gasteiger partial charge in [-0.05, 0) is 26.7 Å². The summed E-state index contributed by atoms with van der Waals surface area (Å²) in [5.74, 6) is 0.442. The Hall–Kier alpha value is -0.370. The fourth-order valence-corrected chi connectivity index (χ4v) is 2.28. The summed E-state index contributed by atoms with van der Waals surface area (Å²) in [6.45, 7) is 5.39. The number of hydrogen-bond acceptors (Lipinski definition) is 2. The average molecular weight is 167 g/mol. The lowest BCUT2D eigenvalue weighted by Gasteiger charge is -2.42. The van der Waals surface area contributed by atoms with E-state index < -0.39 is 0 Å². The van der Waals surface area contributed by atoms with Crippen LogP contribution in [-0.2, 0) is 4.79 Å². The first-order valence-electron chi connectivity index (χ1n) is 4.88. The molecule has 0 bridgehead atoms. The minimum absolute atomic E-state index is 0.135. The van der Waals surface area contributed by atoms with Crippen LogP contribution in [0.4, 0.5) is 0 Å². The van der Waals surface area contributed by atoms with Crippen LogP contribution in [0.5, 0.6) is 0 Å². The molecule has 2 heteroatoms. The van der Waals surface area contributed by atoms with Crippen molar-refractivity contribution in [1.29, 1.82) is 0 Å². The molecule has 0 aromatic heterocycles. The summed E-state index contributed by atoms with van der Waals surface area (Å²) in [6.07, 6.45) is 4.22. The number of piperidine rings is 1. The standard InChI is InChI=1S/C10H17NO/c1-10(2)7-9(12)5-6-11(10)8-3-4-8/h8H,3-7H2,1-2H3. The molecule has 0 radical (unpaired) electrons. The van der Waals surface area contributed by atoms with Gasteiger partial charge in [0.1, 0.15) is 5.78 Å². The van der Waals surface area contributed by atoms with Gasteiger partial charge in [-0.3, -0.25) is 9.69 Å². The summed E-state index contributed by atoms with van der Waals surface area (Å²) in [5, 5.41) is 0. The van der Waals surface area contributed by atoms with E-state index in [9.17, 15) is 4.79 Å². The zero-order chi connectivity index (χ0) is 8.77. The van der Waals surface area contributed by atoms with Crippen LogP contribution in [0.15, 0.2) is 0 Å². The summed E-state index contributed by atoms with van der Waals surface area (Å²) in [4.78, 5) is 13.8. The van der Waals surface area contributed by atoms with E-state index in [-0.39, 0.29) is 5.54 Å². The van der Waals surface area contributed by atoms with Gasteiger partial charge in [0, 0.05) is 31.0 Å². The van der Waals surface area contributed by atoms with Crippen molar-refractivity contribution in [3.8, 4) is 0 Å². The van der Waals surface area contributed by atoms with Gasteiger partial charge in [0.25, 0.3) is 0 Å². The summed E-state index contributed by atoms with van der Waals surface area (Å²) >= 11 is 0. The van der Waals surface area contributed by atoms with E-state index in [2.05, 4.69) is 18.7 Å². The molecule has 2 rings (SSSR count). The number of carbonyl (C=O) groups excluding carboxylic acids is 1. The normalized spacial score (nSPS) is 30.7. The van der Waals surface area contributed by atoms with Gasteiger partial charge in [-0.1, -0.05) is 0 Å². The van der Waals surface area contributed by atoms with Crippen molar-refractivity contribution in [2.75, 3.05) is 6.54 Å². The van der Waals surface area contributed by atoms with Crippen molar-refractivity contribution >= 4 is 5.78 Å². The van der Waals surface area contributed by atoms with Gasteiger partial charge in [-0.15, -0.1) is 0 Å². The highest BCUT2D eigenvalue weighted by Gasteiger charge is 2.41. The van der Waals surface area contributed by atoms with E-state index in [1.54, 1.807) is 0 Å². The highest BCUT2D eigenvalue weighted by molar-refractivity contribution is 5.80. The third-order valence-corrected chi connectivity index (χ3v) is 3.03. The van der Waals surface area contributed by atoms with E-state index in [4.69, 9.17) is 0 Å². The van der Waals surface area contributed by atoms with Gasteiger partial charge < -0.3 is 0 Å². The minimum Gasteiger partial charge on any atom is -0.300 e. The minimum atomic E-state index is 0.135. The molecule has 2 nitrogen and oxygen atoms in total. The van der Waals surface area contributed by atoms with Crippen LogP contribution < -0.4 is 0 Å². The van der Waals surface area contributed by atoms with Crippen LogP contribution in [0.2, 0.25) is 0 Å². The molecule has 0 amide bonds. The Balaban J connectivity index is 2.07. The molecule has 1 saturated carbocycles. The van der Waals surface area contributed by atoms with Crippen molar-refractivity contribution in [3.05, 3.63) is 0 Å². The maximum absolute atomic E-state index is 11.2. The molecule has 68 valence electrons. The Morgan fingerprint density at radius 2 is 2.08 bits per heavy atom. The number of carbonyl (C=O) groups is 1. The number of ketones is 1. The molecule has 1 aliphatic heterocycles. The highest BCUT2D eigenvalue weighted by Crippen LogP contribution is 2.36. The fraction of sp³-hybridized carbons (Fsp3) is 0.900. The molecule has 0 atom stereocenters. The third-order valence-electron chi connectivity index (χ3n) is 3.03. The molecule has 1 heterocycles. The molecule has 0 N–H and O–H groups in total. The second kappa shape index (κ2) is 2.56. The van der Waals surface area contributed by atoms with Crippen LogP contribution in [0, 0.1) is 0 Å². The van der Waals surface area contributed by atoms with Crippen LogP contribution >= 0.6 is 0 Å². The zero-order valence-electron chi connectivity index (χ0n) is 7.97. The topological polar surface area (TPSA) is 20.3 Å². The molecule has 0 unspecified atom stereocenters. The predicted octanol–water partition coefficient (Wildman–Crippen LogP) is 1.59. The van der Waals surface area contributed by atoms with Crippen molar-refractivity contribution in [1.82, 2.24) is 4.90 Å². The van der Waals surface area contributed by atoms with E-state index in [1.807, 2.05) is 0 Å². The smallest absolute Gasteiger partial charge is 0.136 e. The van der Waals surface area contributed by atoms with Crippen molar-refractivity contribution in [2.24, 2.45) is 0 Å². The Morgan fingerprint density at radius 3 is 2.58 bits per heavy atom. The van der Waals surface area contributed by atoms with Crippen molar-refractivity contribution in [3.63, 3.8) is 0 Å². The first-order valence-corrected chi connectivity index (χ1v) is 4.88. The molecule has 12 heavy (non-hydrogen) atoms. The monoisotopic (exact) mass is 167 g/mol. The average Bonchev–Trinajstić information content (AvgIpc) is 2.67. The second-order valence-electron chi connectivity index (χ2n) is 4.70. The fourth-order valence-electron chi connectivity index (χ4n) is 2.28. The van der Waals surface area contributed by atoms with Gasteiger partial charge >= 0.3 is 0 Å². The van der Waals surface area contributed by atoms with Crippen molar-refractivity contribution < 1.29 is 4.79 Å². The Morgan fingerprint density at radius 1 is 1.42 bits per heavy atom. The lowest BCUT2D eigenvalue weighted by molar-refractivity contribution is -0.125. The van der Waals surface area contributed by atoms with Gasteiger partial charge in [0.15, 0.2) is 0 Å². The van der Waals surface area contributed by atoms with E-state index in [1.165, 1.54) is 12.8 Å². The first kappa shape index (κ1) is 8.24. The molecule has 0 spiro atoms. The van der Waals surface area contributed by atoms with Gasteiger partial charge in [0.05, 0.1) is 0 Å². The van der Waals surface area contributed by atoms with Gasteiger partial charge in [-0.25, -0.2) is 0 Å². The van der Waals surface area contributed by atoms with Crippen LogP contribution in [0.25, 0.3) is 0 Å². The maximum atomic E-state index is 11.2. The molecule has 1 saturated heterocycles. The number of rotatable bonds is 1. The second-order valence-corrected chi connectivity index (χ2v) is 4.70. The molecule has 1 aliphatic carbocycles. The van der Waals surface area contributed by atoms with Gasteiger partial charge in [0.2, 0.25) is 0 Å². The van der Waals surface area contributed by atoms with Crippen LogP contribution in [0.3, 0.4) is 0 Å². The SMILES string of the molecule is CC1(C)CC(=O)CCN1C1CC1. The number of Topliss-reactive ketones (excluding diaryl/α,β-unsaturated/α-hetero) is 1. The van der Waals surface area contributed by atoms with E-state index in [0.29, 0.717) is 5.78 Å². The van der Waals surface area contributed by atoms with E-state index in [0.717, 1.165) is 25.4 Å². The highest BCUT2D eigenvalue weighted by atomic mass is 16.1. The lowest BCUT2D eigenvalue weighted by Crippen LogP contribution is -2.51. The lowest BCUT2D eigenvalue weighted by atomic mass is 9.89. The van der Waals surface area contributed by atoms with Crippen LogP contribution in [0.1, 0.15) is 39.5 Å². The van der Waals surface area contributed by atoms with Crippen LogP contribution in [-0.4, -0.2) is 28.8 Å². The summed E-state index contributed by atoms with van der Waals surface area (Å²) in [7, 11) is 0. The third kappa shape index (κ3) is 1.40. The zero-order valence-corrected chi connectivity index (χ0v) is 7.97. The maximum Gasteiger partial charge on any atom is 0.136 e. The summed E-state index contributed by atoms with van der Waals surface area (Å²) in [5.41, 5.74) is 0.135. The molecular weight excluding hydrogens is 150 g/mol. The van der Waals surface area contributed by atoms with E-state index >= 15 is 0 Å². The molecule has 0 aromatic rings. The molecule has 0 aromatic carbocycles. The Bertz CT molecular complexity index is 206. The predicted molar refractivity (Wildman–Crippen MR) is 48.0 cm³/mol. The quantitative estimate of drug-likeness (QED) is 0.591. The number of nitrogens with zero attached hydrogens (tertiary/aromatic N) is 1. The molecular formula is C10H17NO. The number of likely N-dealkylation sites (tertiary alicyclic amines) is 1. The Labute approximate surface area is 73.9 Å². The largest absolute Gasteiger partial charge is 0.300 e. The Kier molecular flexibility index (Phi) is 1.76. The van der Waals surface area contributed by atoms with Gasteiger partial charge in [-0.2, -0.15) is 0 Å². The van der Waals surface area contributed by atoms with Crippen molar-refractivity contribution in [2.45, 2.75) is 51.1 Å². The molecule has 2 fully saturated rings. The summed E-state index contributed by atoms with van der Waals surface area (Å²) < 4.78 is 0. The number of hydrogen-bond donors (Lipinski definition) is 0. The summed E-state index contributed by atoms with van der Waals surface area (Å²) in [6, 6.07) is 0.799.